The fraction of sp³-hybridized carbons (Fsp3) is 0.889. The van der Waals surface area contributed by atoms with Crippen LogP contribution >= 0.6 is 0 Å². The van der Waals surface area contributed by atoms with Gasteiger partial charge in [0.1, 0.15) is 5.78 Å². The third-order valence-electron chi connectivity index (χ3n) is 1.49. The van der Waals surface area contributed by atoms with Crippen molar-refractivity contribution in [2.45, 2.75) is 26.2 Å². The molecule has 3 nitrogen and oxygen atoms in total. The van der Waals surface area contributed by atoms with Gasteiger partial charge in [-0.2, -0.15) is 0 Å². The van der Waals surface area contributed by atoms with Crippen molar-refractivity contribution in [1.29, 1.82) is 0 Å². The summed E-state index contributed by atoms with van der Waals surface area (Å²) in [6.45, 7) is 3.71. The van der Waals surface area contributed by atoms with Crippen molar-refractivity contribution >= 4 is 5.78 Å². The number of rotatable bonds is 8. The van der Waals surface area contributed by atoms with Gasteiger partial charge in [0.25, 0.3) is 0 Å². The lowest BCUT2D eigenvalue weighted by Crippen LogP contribution is -2.07. The standard InChI is InChI=1S/C9H18O3/c1-3-4-9(10)5-6-12-8-7-11-2/h3-8H2,1-2H3. The van der Waals surface area contributed by atoms with Gasteiger partial charge in [-0.15, -0.1) is 0 Å². The predicted molar refractivity (Wildman–Crippen MR) is 47.2 cm³/mol. The van der Waals surface area contributed by atoms with Crippen molar-refractivity contribution in [3.05, 3.63) is 0 Å². The average Bonchev–Trinajstić information content (AvgIpc) is 2.05. The molecule has 0 fully saturated rings. The minimum absolute atomic E-state index is 0.287. The fourth-order valence-electron chi connectivity index (χ4n) is 0.834. The van der Waals surface area contributed by atoms with Crippen molar-refractivity contribution in [1.82, 2.24) is 0 Å². The summed E-state index contributed by atoms with van der Waals surface area (Å²) in [5.74, 6) is 0.287. The number of ether oxygens (including phenoxy) is 2. The maximum atomic E-state index is 11.0. The van der Waals surface area contributed by atoms with Gasteiger partial charge in [0.15, 0.2) is 0 Å². The molecule has 0 spiro atoms. The van der Waals surface area contributed by atoms with Gasteiger partial charge in [-0.05, 0) is 6.42 Å². The van der Waals surface area contributed by atoms with Gasteiger partial charge in [0.05, 0.1) is 19.8 Å². The van der Waals surface area contributed by atoms with Crippen LogP contribution in [0.5, 0.6) is 0 Å². The summed E-state index contributed by atoms with van der Waals surface area (Å²) in [7, 11) is 1.63. The zero-order valence-corrected chi connectivity index (χ0v) is 7.97. The normalized spacial score (nSPS) is 10.2. The summed E-state index contributed by atoms with van der Waals surface area (Å²) in [4.78, 5) is 11.0. The molecule has 3 heteroatoms. The van der Waals surface area contributed by atoms with Crippen molar-refractivity contribution in [3.8, 4) is 0 Å². The molecule has 72 valence electrons. The summed E-state index contributed by atoms with van der Waals surface area (Å²) in [6, 6.07) is 0. The first-order chi connectivity index (χ1) is 5.81. The summed E-state index contributed by atoms with van der Waals surface area (Å²) in [5, 5.41) is 0. The Hall–Kier alpha value is -0.410. The van der Waals surface area contributed by atoms with Gasteiger partial charge in [-0.25, -0.2) is 0 Å². The highest BCUT2D eigenvalue weighted by atomic mass is 16.5. The topological polar surface area (TPSA) is 35.5 Å². The Balaban J connectivity index is 3.03. The van der Waals surface area contributed by atoms with Gasteiger partial charge < -0.3 is 9.47 Å². The second kappa shape index (κ2) is 8.68. The van der Waals surface area contributed by atoms with Crippen molar-refractivity contribution in [3.63, 3.8) is 0 Å². The smallest absolute Gasteiger partial charge is 0.135 e. The lowest BCUT2D eigenvalue weighted by atomic mass is 10.2. The maximum absolute atomic E-state index is 11.0. The number of carbonyl (C=O) groups excluding carboxylic acids is 1. The molecule has 12 heavy (non-hydrogen) atoms. The van der Waals surface area contributed by atoms with Gasteiger partial charge in [0.2, 0.25) is 0 Å². The highest BCUT2D eigenvalue weighted by Gasteiger charge is 1.98. The molecule has 0 saturated heterocycles. The minimum atomic E-state index is 0.287. The van der Waals surface area contributed by atoms with E-state index in [1.54, 1.807) is 7.11 Å². The fourth-order valence-corrected chi connectivity index (χ4v) is 0.834. The second-order valence-corrected chi connectivity index (χ2v) is 2.64. The summed E-state index contributed by atoms with van der Waals surface area (Å²) >= 11 is 0. The largest absolute Gasteiger partial charge is 0.382 e. The molecule has 0 N–H and O–H groups in total. The molecule has 0 radical (unpaired) electrons. The molecule has 0 aliphatic rings. The van der Waals surface area contributed by atoms with Crippen LogP contribution in [0.15, 0.2) is 0 Å². The quantitative estimate of drug-likeness (QED) is 0.522. The van der Waals surface area contributed by atoms with Crippen LogP contribution in [0.3, 0.4) is 0 Å². The van der Waals surface area contributed by atoms with Gasteiger partial charge in [-0.3, -0.25) is 4.79 Å². The first-order valence-corrected chi connectivity index (χ1v) is 4.39. The van der Waals surface area contributed by atoms with E-state index in [1.165, 1.54) is 0 Å². The summed E-state index contributed by atoms with van der Waals surface area (Å²) < 4.78 is 9.93. The van der Waals surface area contributed by atoms with Crippen LogP contribution in [0, 0.1) is 0 Å². The van der Waals surface area contributed by atoms with Crippen LogP contribution < -0.4 is 0 Å². The van der Waals surface area contributed by atoms with Crippen LogP contribution in [0.25, 0.3) is 0 Å². The van der Waals surface area contributed by atoms with E-state index in [-0.39, 0.29) is 5.78 Å². The van der Waals surface area contributed by atoms with Crippen LogP contribution in [-0.2, 0) is 14.3 Å². The van der Waals surface area contributed by atoms with Crippen LogP contribution in [0.4, 0.5) is 0 Å². The second-order valence-electron chi connectivity index (χ2n) is 2.64. The highest BCUT2D eigenvalue weighted by Crippen LogP contribution is 1.94. The zero-order valence-electron chi connectivity index (χ0n) is 7.97. The van der Waals surface area contributed by atoms with Crippen LogP contribution in [0.2, 0.25) is 0 Å². The third-order valence-corrected chi connectivity index (χ3v) is 1.49. The Kier molecular flexibility index (Phi) is 8.39. The zero-order chi connectivity index (χ0) is 9.23. The van der Waals surface area contributed by atoms with Gasteiger partial charge in [0, 0.05) is 20.0 Å². The lowest BCUT2D eigenvalue weighted by Gasteiger charge is -2.01. The van der Waals surface area contributed by atoms with E-state index in [0.717, 1.165) is 6.42 Å². The predicted octanol–water partition coefficient (Wildman–Crippen LogP) is 1.41. The van der Waals surface area contributed by atoms with E-state index in [9.17, 15) is 4.79 Å². The number of carbonyl (C=O) groups is 1. The number of ketones is 1. The molecule has 0 aromatic rings. The number of methoxy groups -OCH3 is 1. The van der Waals surface area contributed by atoms with E-state index in [1.807, 2.05) is 6.92 Å². The van der Waals surface area contributed by atoms with Crippen LogP contribution in [0.1, 0.15) is 26.2 Å². The van der Waals surface area contributed by atoms with E-state index >= 15 is 0 Å². The Morgan fingerprint density at radius 3 is 2.50 bits per heavy atom. The number of hydrogen-bond acceptors (Lipinski definition) is 3. The molecule has 0 aromatic heterocycles. The van der Waals surface area contributed by atoms with E-state index in [0.29, 0.717) is 32.7 Å². The van der Waals surface area contributed by atoms with Crippen molar-refractivity contribution < 1.29 is 14.3 Å². The molecular formula is C9H18O3. The molecule has 0 bridgehead atoms. The van der Waals surface area contributed by atoms with Crippen LogP contribution in [-0.4, -0.2) is 32.7 Å². The Bertz CT molecular complexity index is 112. The molecular weight excluding hydrogens is 156 g/mol. The van der Waals surface area contributed by atoms with Gasteiger partial charge >= 0.3 is 0 Å². The molecule has 0 aliphatic carbocycles. The number of hydrogen-bond donors (Lipinski definition) is 0. The van der Waals surface area contributed by atoms with E-state index in [2.05, 4.69) is 0 Å². The molecule has 0 aromatic carbocycles. The lowest BCUT2D eigenvalue weighted by molar-refractivity contribution is -0.120. The van der Waals surface area contributed by atoms with E-state index < -0.39 is 0 Å². The third kappa shape index (κ3) is 7.69. The summed E-state index contributed by atoms with van der Waals surface area (Å²) in [6.07, 6.45) is 2.14. The minimum Gasteiger partial charge on any atom is -0.382 e. The van der Waals surface area contributed by atoms with Gasteiger partial charge in [-0.1, -0.05) is 6.92 Å². The SMILES string of the molecule is CCCC(=O)CCOCCOC. The molecule has 0 unspecified atom stereocenters. The van der Waals surface area contributed by atoms with Crippen molar-refractivity contribution in [2.24, 2.45) is 0 Å². The van der Waals surface area contributed by atoms with E-state index in [4.69, 9.17) is 9.47 Å². The first-order valence-electron chi connectivity index (χ1n) is 4.39. The Morgan fingerprint density at radius 1 is 1.17 bits per heavy atom. The molecule has 0 amide bonds. The molecule has 0 rings (SSSR count). The molecule has 0 aliphatic heterocycles. The Morgan fingerprint density at radius 2 is 1.92 bits per heavy atom. The highest BCUT2D eigenvalue weighted by molar-refractivity contribution is 5.78. The first kappa shape index (κ1) is 11.6. The monoisotopic (exact) mass is 174 g/mol. The van der Waals surface area contributed by atoms with Crippen molar-refractivity contribution in [2.75, 3.05) is 26.9 Å². The Labute approximate surface area is 74.0 Å². The molecule has 0 saturated carbocycles. The maximum Gasteiger partial charge on any atom is 0.135 e. The average molecular weight is 174 g/mol. The number of Topliss-reactive ketones (excluding diaryl/α,β-unsaturated/α-hetero) is 1. The summed E-state index contributed by atoms with van der Waals surface area (Å²) in [5.41, 5.74) is 0. The molecule has 0 atom stereocenters. The molecule has 0 heterocycles.